The van der Waals surface area contributed by atoms with Crippen molar-refractivity contribution in [3.05, 3.63) is 28.4 Å². The summed E-state index contributed by atoms with van der Waals surface area (Å²) in [6.07, 6.45) is 1.37. The number of nitro groups is 1. The molecule has 1 heterocycles. The van der Waals surface area contributed by atoms with E-state index in [2.05, 4.69) is 0 Å². The Bertz CT molecular complexity index is 303. The van der Waals surface area contributed by atoms with Gasteiger partial charge in [-0.15, -0.1) is 0 Å². The van der Waals surface area contributed by atoms with Gasteiger partial charge in [0.2, 0.25) is 0 Å². The van der Waals surface area contributed by atoms with Crippen molar-refractivity contribution in [2.75, 3.05) is 5.73 Å². The molecule has 0 spiro atoms. The second-order valence-electron chi connectivity index (χ2n) is 2.18. The molecule has 0 amide bonds. The molecule has 0 saturated heterocycles. The van der Waals surface area contributed by atoms with Crippen LogP contribution in [0.15, 0.2) is 18.3 Å². The molecule has 0 unspecified atom stereocenters. The summed E-state index contributed by atoms with van der Waals surface area (Å²) in [4.78, 5) is 9.76. The Morgan fingerprint density at radius 3 is 2.58 bits per heavy atom. The van der Waals surface area contributed by atoms with Crippen molar-refractivity contribution in [1.82, 2.24) is 0 Å². The highest BCUT2D eigenvalue weighted by molar-refractivity contribution is 5.30. The SMILES string of the molecule is C[n+]1cc([N+](=O)[O-])ccc1N.[Br-]. The van der Waals surface area contributed by atoms with E-state index in [0.29, 0.717) is 5.82 Å². The fraction of sp³-hybridized carbons (Fsp3) is 0.167. The molecule has 2 N–H and O–H groups in total. The highest BCUT2D eigenvalue weighted by Crippen LogP contribution is 2.07. The van der Waals surface area contributed by atoms with Gasteiger partial charge >= 0.3 is 5.69 Å². The second-order valence-corrected chi connectivity index (χ2v) is 2.18. The standard InChI is InChI=1S/C6H7N3O2.BrH/c1-8-4-5(9(10)11)2-3-6(8)7;/h2-4,7H,1H3;1H. The lowest BCUT2D eigenvalue weighted by Gasteiger charge is -1.93. The molecule has 1 aromatic heterocycles. The van der Waals surface area contributed by atoms with Crippen LogP contribution in [0.25, 0.3) is 0 Å². The largest absolute Gasteiger partial charge is 1.00 e. The van der Waals surface area contributed by atoms with E-state index in [4.69, 9.17) is 5.73 Å². The molecule has 0 bridgehead atoms. The van der Waals surface area contributed by atoms with E-state index in [0.717, 1.165) is 0 Å². The first-order valence-corrected chi connectivity index (χ1v) is 3.01. The monoisotopic (exact) mass is 233 g/mol. The lowest BCUT2D eigenvalue weighted by molar-refractivity contribution is -0.659. The van der Waals surface area contributed by atoms with Gasteiger partial charge in [-0.25, -0.2) is 4.57 Å². The lowest BCUT2D eigenvalue weighted by atomic mass is 10.4. The maximum absolute atomic E-state index is 10.2. The first-order valence-electron chi connectivity index (χ1n) is 3.01. The normalized spacial score (nSPS) is 8.75. The Labute approximate surface area is 79.7 Å². The number of nitrogens with zero attached hydrogens (tertiary/aromatic N) is 2. The van der Waals surface area contributed by atoms with Gasteiger partial charge < -0.3 is 17.0 Å². The summed E-state index contributed by atoms with van der Waals surface area (Å²) in [6.45, 7) is 0. The summed E-state index contributed by atoms with van der Waals surface area (Å²) in [5.74, 6) is 0.496. The van der Waals surface area contributed by atoms with Crippen LogP contribution in [-0.4, -0.2) is 4.92 Å². The lowest BCUT2D eigenvalue weighted by Crippen LogP contribution is -3.00. The van der Waals surface area contributed by atoms with Crippen LogP contribution in [0, 0.1) is 10.1 Å². The number of pyridine rings is 1. The molecule has 0 aliphatic heterocycles. The van der Waals surface area contributed by atoms with Crippen LogP contribution in [0.5, 0.6) is 0 Å². The number of halogens is 1. The summed E-state index contributed by atoms with van der Waals surface area (Å²) in [7, 11) is 1.66. The van der Waals surface area contributed by atoms with Crippen molar-refractivity contribution in [3.8, 4) is 0 Å². The van der Waals surface area contributed by atoms with Gasteiger partial charge in [-0.3, -0.25) is 15.8 Å². The van der Waals surface area contributed by atoms with Crippen molar-refractivity contribution in [3.63, 3.8) is 0 Å². The second kappa shape index (κ2) is 4.01. The van der Waals surface area contributed by atoms with Gasteiger partial charge in [0.15, 0.2) is 6.20 Å². The van der Waals surface area contributed by atoms with Gasteiger partial charge in [-0.05, 0) is 0 Å². The van der Waals surface area contributed by atoms with E-state index >= 15 is 0 Å². The van der Waals surface area contributed by atoms with E-state index in [1.54, 1.807) is 7.05 Å². The third-order valence-electron chi connectivity index (χ3n) is 1.37. The van der Waals surface area contributed by atoms with Crippen LogP contribution in [0.3, 0.4) is 0 Å². The topological polar surface area (TPSA) is 73.0 Å². The van der Waals surface area contributed by atoms with Crippen molar-refractivity contribution >= 4 is 11.5 Å². The zero-order chi connectivity index (χ0) is 8.43. The number of rotatable bonds is 1. The first-order chi connectivity index (χ1) is 5.11. The summed E-state index contributed by atoms with van der Waals surface area (Å²) in [5, 5.41) is 10.2. The summed E-state index contributed by atoms with van der Waals surface area (Å²) >= 11 is 0. The fourth-order valence-corrected chi connectivity index (χ4v) is 0.712. The number of aromatic nitrogens is 1. The molecule has 1 aromatic rings. The Morgan fingerprint density at radius 1 is 1.58 bits per heavy atom. The van der Waals surface area contributed by atoms with Crippen LogP contribution < -0.4 is 27.3 Å². The number of aryl methyl sites for hydroxylation is 1. The molecule has 0 aromatic carbocycles. The van der Waals surface area contributed by atoms with Gasteiger partial charge in [-0.1, -0.05) is 0 Å². The zero-order valence-electron chi connectivity index (χ0n) is 6.40. The minimum absolute atomic E-state index is 0. The van der Waals surface area contributed by atoms with Crippen molar-refractivity contribution in [2.45, 2.75) is 0 Å². The quantitative estimate of drug-likeness (QED) is 0.320. The zero-order valence-corrected chi connectivity index (χ0v) is 7.98. The molecule has 5 nitrogen and oxygen atoms in total. The Morgan fingerprint density at radius 2 is 2.17 bits per heavy atom. The Balaban J connectivity index is 0.00000121. The third kappa shape index (κ3) is 2.16. The van der Waals surface area contributed by atoms with E-state index in [1.807, 2.05) is 0 Å². The number of nitrogen functional groups attached to an aromatic ring is 1. The molecule has 0 aliphatic carbocycles. The van der Waals surface area contributed by atoms with Crippen LogP contribution in [0.4, 0.5) is 11.5 Å². The molecular weight excluding hydrogens is 226 g/mol. The highest BCUT2D eigenvalue weighted by atomic mass is 79.9. The number of nitrogens with two attached hydrogens (primary N) is 1. The molecule has 66 valence electrons. The molecule has 0 atom stereocenters. The maximum Gasteiger partial charge on any atom is 0.308 e. The molecule has 0 radical (unpaired) electrons. The van der Waals surface area contributed by atoms with Gasteiger partial charge in [0, 0.05) is 12.1 Å². The van der Waals surface area contributed by atoms with Crippen LogP contribution in [-0.2, 0) is 7.05 Å². The van der Waals surface area contributed by atoms with E-state index in [9.17, 15) is 10.1 Å². The van der Waals surface area contributed by atoms with Crippen LogP contribution in [0.1, 0.15) is 0 Å². The molecule has 12 heavy (non-hydrogen) atoms. The van der Waals surface area contributed by atoms with E-state index < -0.39 is 4.92 Å². The molecule has 1 rings (SSSR count). The van der Waals surface area contributed by atoms with E-state index in [1.165, 1.54) is 22.9 Å². The Kier molecular flexibility index (Phi) is 3.62. The van der Waals surface area contributed by atoms with Gasteiger partial charge in [0.25, 0.3) is 5.82 Å². The number of hydrogen-bond donors (Lipinski definition) is 1. The van der Waals surface area contributed by atoms with E-state index in [-0.39, 0.29) is 22.7 Å². The van der Waals surface area contributed by atoms with Crippen molar-refractivity contribution < 1.29 is 26.5 Å². The van der Waals surface area contributed by atoms with Crippen molar-refractivity contribution in [1.29, 1.82) is 0 Å². The first kappa shape index (κ1) is 10.8. The van der Waals surface area contributed by atoms with Gasteiger partial charge in [0.1, 0.15) is 0 Å². The maximum atomic E-state index is 10.2. The minimum Gasteiger partial charge on any atom is -1.00 e. The summed E-state index contributed by atoms with van der Waals surface area (Å²) < 4.78 is 1.50. The predicted octanol–water partition coefficient (Wildman–Crippen LogP) is -2.99. The average molecular weight is 234 g/mol. The number of anilines is 1. The fourth-order valence-electron chi connectivity index (χ4n) is 0.712. The van der Waals surface area contributed by atoms with Crippen molar-refractivity contribution in [2.24, 2.45) is 7.05 Å². The van der Waals surface area contributed by atoms with Crippen LogP contribution >= 0.6 is 0 Å². The molecule has 0 aliphatic rings. The third-order valence-corrected chi connectivity index (χ3v) is 1.37. The molecular formula is C6H8BrN3O2. The van der Waals surface area contributed by atoms with Gasteiger partial charge in [-0.2, -0.15) is 0 Å². The predicted molar refractivity (Wildman–Crippen MR) is 38.7 cm³/mol. The van der Waals surface area contributed by atoms with Gasteiger partial charge in [0.05, 0.1) is 12.0 Å². The molecule has 0 fully saturated rings. The Hall–Kier alpha value is -1.17. The highest BCUT2D eigenvalue weighted by Gasteiger charge is 2.09. The number of hydrogen-bond acceptors (Lipinski definition) is 3. The smallest absolute Gasteiger partial charge is 0.308 e. The van der Waals surface area contributed by atoms with Crippen LogP contribution in [0.2, 0.25) is 0 Å². The molecule has 6 heteroatoms. The average Bonchev–Trinajstić information content (AvgIpc) is 1.94. The summed E-state index contributed by atoms with van der Waals surface area (Å²) in [5.41, 5.74) is 5.47. The molecule has 0 saturated carbocycles. The summed E-state index contributed by atoms with van der Waals surface area (Å²) in [6, 6.07) is 2.87. The minimum atomic E-state index is -0.459.